The second kappa shape index (κ2) is 8.68. The number of benzene rings is 2. The molecule has 27 heavy (non-hydrogen) atoms. The Morgan fingerprint density at radius 1 is 1.22 bits per heavy atom. The van der Waals surface area contributed by atoms with Gasteiger partial charge in [0.25, 0.3) is 0 Å². The van der Waals surface area contributed by atoms with Crippen LogP contribution in [0.1, 0.15) is 16.7 Å². The highest BCUT2D eigenvalue weighted by Crippen LogP contribution is 2.26. The van der Waals surface area contributed by atoms with Crippen LogP contribution in [0.3, 0.4) is 0 Å². The van der Waals surface area contributed by atoms with Gasteiger partial charge in [-0.15, -0.1) is 5.10 Å². The number of amides is 1. The van der Waals surface area contributed by atoms with Crippen molar-refractivity contribution in [2.24, 2.45) is 0 Å². The summed E-state index contributed by atoms with van der Waals surface area (Å²) in [5.41, 5.74) is 4.06. The normalized spacial score (nSPS) is 10.6. The highest BCUT2D eigenvalue weighted by atomic mass is 32.2. The third-order valence-corrected chi connectivity index (χ3v) is 4.99. The maximum Gasteiger partial charge on any atom is 0.230 e. The summed E-state index contributed by atoms with van der Waals surface area (Å²) in [5.74, 6) is 0.813. The SMILES string of the molecule is COc1ccc(C)cc1-n1nnnc1SCC(=O)NCc1ccccc1C. The summed E-state index contributed by atoms with van der Waals surface area (Å²) in [6.45, 7) is 4.52. The molecule has 0 aliphatic heterocycles. The molecule has 7 nitrogen and oxygen atoms in total. The molecule has 0 fully saturated rings. The van der Waals surface area contributed by atoms with Gasteiger partial charge in [0, 0.05) is 6.54 Å². The lowest BCUT2D eigenvalue weighted by atomic mass is 10.1. The van der Waals surface area contributed by atoms with Gasteiger partial charge in [0.1, 0.15) is 11.4 Å². The Bertz CT molecular complexity index is 941. The molecule has 2 aromatic carbocycles. The van der Waals surface area contributed by atoms with Crippen molar-refractivity contribution in [1.29, 1.82) is 0 Å². The zero-order valence-electron chi connectivity index (χ0n) is 15.5. The number of ether oxygens (including phenoxy) is 1. The van der Waals surface area contributed by atoms with E-state index in [2.05, 4.69) is 20.8 Å². The van der Waals surface area contributed by atoms with Crippen molar-refractivity contribution in [1.82, 2.24) is 25.5 Å². The van der Waals surface area contributed by atoms with Crippen LogP contribution in [0.4, 0.5) is 0 Å². The van der Waals surface area contributed by atoms with Crippen LogP contribution in [0.5, 0.6) is 5.75 Å². The van der Waals surface area contributed by atoms with Crippen molar-refractivity contribution < 1.29 is 9.53 Å². The molecule has 1 heterocycles. The molecule has 0 aliphatic rings. The number of nitrogens with zero attached hydrogens (tertiary/aromatic N) is 4. The van der Waals surface area contributed by atoms with Crippen LogP contribution in [-0.4, -0.2) is 39.0 Å². The van der Waals surface area contributed by atoms with Crippen molar-refractivity contribution in [2.45, 2.75) is 25.5 Å². The van der Waals surface area contributed by atoms with Crippen LogP contribution in [0, 0.1) is 13.8 Å². The van der Waals surface area contributed by atoms with Crippen LogP contribution < -0.4 is 10.1 Å². The molecule has 0 radical (unpaired) electrons. The predicted molar refractivity (Wildman–Crippen MR) is 104 cm³/mol. The summed E-state index contributed by atoms with van der Waals surface area (Å²) < 4.78 is 6.99. The number of hydrogen-bond donors (Lipinski definition) is 1. The number of rotatable bonds is 7. The van der Waals surface area contributed by atoms with Crippen LogP contribution >= 0.6 is 11.8 Å². The Kier molecular flexibility index (Phi) is 6.08. The van der Waals surface area contributed by atoms with Crippen molar-refractivity contribution in [3.8, 4) is 11.4 Å². The first-order chi connectivity index (χ1) is 13.1. The number of thioether (sulfide) groups is 1. The highest BCUT2D eigenvalue weighted by molar-refractivity contribution is 7.99. The lowest BCUT2D eigenvalue weighted by molar-refractivity contribution is -0.118. The Balaban J connectivity index is 1.65. The van der Waals surface area contributed by atoms with Gasteiger partial charge in [-0.2, -0.15) is 4.68 Å². The van der Waals surface area contributed by atoms with Crippen molar-refractivity contribution in [3.05, 3.63) is 59.2 Å². The van der Waals surface area contributed by atoms with Gasteiger partial charge in [0.15, 0.2) is 0 Å². The van der Waals surface area contributed by atoms with E-state index >= 15 is 0 Å². The molecule has 0 unspecified atom stereocenters. The van der Waals surface area contributed by atoms with E-state index in [9.17, 15) is 4.79 Å². The summed E-state index contributed by atoms with van der Waals surface area (Å²) in [7, 11) is 1.60. The fraction of sp³-hybridized carbons (Fsp3) is 0.263. The maximum atomic E-state index is 12.2. The van der Waals surface area contributed by atoms with Gasteiger partial charge in [0.2, 0.25) is 11.1 Å². The topological polar surface area (TPSA) is 81.9 Å². The molecule has 0 atom stereocenters. The van der Waals surface area contributed by atoms with Crippen LogP contribution in [0.15, 0.2) is 47.6 Å². The van der Waals surface area contributed by atoms with E-state index in [-0.39, 0.29) is 11.7 Å². The molecule has 1 amide bonds. The Hall–Kier alpha value is -2.87. The van der Waals surface area contributed by atoms with Gasteiger partial charge in [-0.25, -0.2) is 0 Å². The smallest absolute Gasteiger partial charge is 0.230 e. The molecule has 1 N–H and O–H groups in total. The number of carbonyl (C=O) groups is 1. The molecule has 0 bridgehead atoms. The lowest BCUT2D eigenvalue weighted by Gasteiger charge is -2.10. The Labute approximate surface area is 162 Å². The number of aryl methyl sites for hydroxylation is 2. The zero-order valence-corrected chi connectivity index (χ0v) is 16.3. The van der Waals surface area contributed by atoms with E-state index in [4.69, 9.17) is 4.74 Å². The average Bonchev–Trinajstić information content (AvgIpc) is 3.14. The molecule has 0 aliphatic carbocycles. The zero-order chi connectivity index (χ0) is 19.2. The standard InChI is InChI=1S/C19H21N5O2S/c1-13-8-9-17(26-3)16(10-13)24-19(21-22-23-24)27-12-18(25)20-11-15-7-5-4-6-14(15)2/h4-10H,11-12H2,1-3H3,(H,20,25). The summed E-state index contributed by atoms with van der Waals surface area (Å²) in [6, 6.07) is 13.8. The molecule has 140 valence electrons. The van der Waals surface area contributed by atoms with E-state index in [0.717, 1.165) is 22.4 Å². The molecular weight excluding hydrogens is 362 g/mol. The number of carbonyl (C=O) groups excluding carboxylic acids is 1. The highest BCUT2D eigenvalue weighted by Gasteiger charge is 2.15. The van der Waals surface area contributed by atoms with Crippen LogP contribution in [0.2, 0.25) is 0 Å². The van der Waals surface area contributed by atoms with E-state index in [1.807, 2.05) is 56.3 Å². The third-order valence-electron chi connectivity index (χ3n) is 4.07. The van der Waals surface area contributed by atoms with E-state index in [1.54, 1.807) is 11.8 Å². The van der Waals surface area contributed by atoms with Gasteiger partial charge in [-0.05, 0) is 53.1 Å². The van der Waals surface area contributed by atoms with Gasteiger partial charge in [0.05, 0.1) is 12.9 Å². The van der Waals surface area contributed by atoms with Gasteiger partial charge < -0.3 is 10.1 Å². The molecule has 1 aromatic heterocycles. The number of nitrogens with one attached hydrogen (secondary N) is 1. The van der Waals surface area contributed by atoms with Crippen LogP contribution in [-0.2, 0) is 11.3 Å². The maximum absolute atomic E-state index is 12.2. The molecule has 3 rings (SSSR count). The first kappa shape index (κ1) is 18.9. The monoisotopic (exact) mass is 383 g/mol. The van der Waals surface area contributed by atoms with Gasteiger partial charge in [-0.3, -0.25) is 4.79 Å². The Morgan fingerprint density at radius 2 is 2.04 bits per heavy atom. The second-order valence-corrected chi connectivity index (χ2v) is 6.98. The summed E-state index contributed by atoms with van der Waals surface area (Å²) in [6.07, 6.45) is 0. The fourth-order valence-electron chi connectivity index (χ4n) is 2.57. The van der Waals surface area contributed by atoms with Crippen LogP contribution in [0.25, 0.3) is 5.69 Å². The summed E-state index contributed by atoms with van der Waals surface area (Å²) in [5, 5.41) is 15.3. The first-order valence-corrected chi connectivity index (χ1v) is 9.44. The minimum atomic E-state index is -0.0750. The number of hydrogen-bond acceptors (Lipinski definition) is 6. The van der Waals surface area contributed by atoms with Crippen molar-refractivity contribution in [3.63, 3.8) is 0 Å². The number of tetrazole rings is 1. The molecule has 0 spiro atoms. The van der Waals surface area contributed by atoms with E-state index in [0.29, 0.717) is 17.5 Å². The molecule has 8 heteroatoms. The predicted octanol–water partition coefficient (Wildman–Crippen LogP) is 2.70. The van der Waals surface area contributed by atoms with Crippen molar-refractivity contribution in [2.75, 3.05) is 12.9 Å². The van der Waals surface area contributed by atoms with Crippen molar-refractivity contribution >= 4 is 17.7 Å². The van der Waals surface area contributed by atoms with Gasteiger partial charge >= 0.3 is 0 Å². The average molecular weight is 383 g/mol. The minimum Gasteiger partial charge on any atom is -0.494 e. The third kappa shape index (κ3) is 4.65. The largest absolute Gasteiger partial charge is 0.494 e. The molecule has 0 saturated heterocycles. The fourth-order valence-corrected chi connectivity index (χ4v) is 3.28. The summed E-state index contributed by atoms with van der Waals surface area (Å²) in [4.78, 5) is 12.2. The number of aromatic nitrogens is 4. The summed E-state index contributed by atoms with van der Waals surface area (Å²) >= 11 is 1.28. The molecule has 0 saturated carbocycles. The molecular formula is C19H21N5O2S. The molecule has 3 aromatic rings. The minimum absolute atomic E-state index is 0.0750. The first-order valence-electron chi connectivity index (χ1n) is 8.46. The van der Waals surface area contributed by atoms with E-state index in [1.165, 1.54) is 11.8 Å². The second-order valence-electron chi connectivity index (χ2n) is 6.04. The van der Waals surface area contributed by atoms with Gasteiger partial charge in [-0.1, -0.05) is 42.1 Å². The quantitative estimate of drug-likeness (QED) is 0.632. The van der Waals surface area contributed by atoms with E-state index < -0.39 is 0 Å². The lowest BCUT2D eigenvalue weighted by Crippen LogP contribution is -2.25. The number of methoxy groups -OCH3 is 1. The Morgan fingerprint density at radius 3 is 2.81 bits per heavy atom.